The van der Waals surface area contributed by atoms with Crippen LogP contribution in [-0.4, -0.2) is 9.55 Å². The quantitative estimate of drug-likeness (QED) is 0.695. The Labute approximate surface area is 122 Å². The van der Waals surface area contributed by atoms with E-state index in [-0.39, 0.29) is 5.56 Å². The van der Waals surface area contributed by atoms with Gasteiger partial charge < -0.3 is 4.57 Å². The number of nitrogens with zero attached hydrogens (tertiary/aromatic N) is 2. The zero-order valence-electron chi connectivity index (χ0n) is 12.0. The van der Waals surface area contributed by atoms with Gasteiger partial charge in [0.15, 0.2) is 0 Å². The highest BCUT2D eigenvalue weighted by Gasteiger charge is 2.32. The number of fused-ring (bicyclic) bond motifs is 1. The number of rotatable bonds is 3. The van der Waals surface area contributed by atoms with Crippen molar-refractivity contribution in [3.8, 4) is 0 Å². The van der Waals surface area contributed by atoms with Crippen molar-refractivity contribution >= 4 is 11.0 Å². The predicted octanol–water partition coefficient (Wildman–Crippen LogP) is 4.45. The van der Waals surface area contributed by atoms with Crippen molar-refractivity contribution in [1.29, 1.82) is 0 Å². The zero-order valence-corrected chi connectivity index (χ0v) is 12.0. The molecule has 0 saturated heterocycles. The first-order valence-corrected chi connectivity index (χ1v) is 6.83. The van der Waals surface area contributed by atoms with Crippen molar-refractivity contribution in [1.82, 2.24) is 9.55 Å². The van der Waals surface area contributed by atoms with Crippen molar-refractivity contribution in [3.63, 3.8) is 0 Å². The number of hydrogen-bond acceptors (Lipinski definition) is 1. The van der Waals surface area contributed by atoms with Crippen molar-refractivity contribution in [3.05, 3.63) is 65.5 Å². The summed E-state index contributed by atoms with van der Waals surface area (Å²) in [4.78, 5) is 4.23. The topological polar surface area (TPSA) is 17.8 Å². The van der Waals surface area contributed by atoms with Gasteiger partial charge in [-0.25, -0.2) is 4.98 Å². The monoisotopic (exact) mass is 286 g/mol. The van der Waals surface area contributed by atoms with Crippen molar-refractivity contribution < 1.29 is 8.78 Å². The molecule has 108 valence electrons. The lowest BCUT2D eigenvalue weighted by molar-refractivity contribution is -0.0212. The normalized spacial score (nSPS) is 12.0. The van der Waals surface area contributed by atoms with Crippen LogP contribution >= 0.6 is 0 Å². The van der Waals surface area contributed by atoms with Gasteiger partial charge in [0.1, 0.15) is 0 Å². The maximum atomic E-state index is 14.4. The maximum Gasteiger partial charge on any atom is 0.290 e. The first-order chi connectivity index (χ1) is 9.97. The summed E-state index contributed by atoms with van der Waals surface area (Å²) in [5, 5.41) is 0. The van der Waals surface area contributed by atoms with E-state index < -0.39 is 12.5 Å². The summed E-state index contributed by atoms with van der Waals surface area (Å²) < 4.78 is 30.3. The standard InChI is InChI=1S/C17H16F2N2/c1-12-8-15-16(9-13(12)2)21(11-20-15)10-17(18,19)14-6-4-3-5-7-14/h3-9,11H,10H2,1-2H3. The van der Waals surface area contributed by atoms with E-state index in [2.05, 4.69) is 4.98 Å². The van der Waals surface area contributed by atoms with Crippen LogP contribution < -0.4 is 0 Å². The lowest BCUT2D eigenvalue weighted by Gasteiger charge is -2.18. The summed E-state index contributed by atoms with van der Waals surface area (Å²) in [5.41, 5.74) is 3.71. The second-order valence-electron chi connectivity index (χ2n) is 5.37. The van der Waals surface area contributed by atoms with Crippen LogP contribution in [0.2, 0.25) is 0 Å². The molecule has 0 radical (unpaired) electrons. The molecule has 1 heterocycles. The second kappa shape index (κ2) is 4.95. The van der Waals surface area contributed by atoms with Crippen LogP contribution in [0.25, 0.3) is 11.0 Å². The molecule has 0 atom stereocenters. The Bertz CT molecular complexity index is 776. The van der Waals surface area contributed by atoms with Crippen LogP contribution in [0.5, 0.6) is 0 Å². The number of benzene rings is 2. The van der Waals surface area contributed by atoms with E-state index in [1.54, 1.807) is 18.2 Å². The third-order valence-electron chi connectivity index (χ3n) is 3.80. The molecule has 0 amide bonds. The molecule has 0 aliphatic rings. The highest BCUT2D eigenvalue weighted by atomic mass is 19.3. The number of aryl methyl sites for hydroxylation is 2. The van der Waals surface area contributed by atoms with Crippen LogP contribution in [0.15, 0.2) is 48.8 Å². The molecule has 0 fully saturated rings. The third-order valence-corrected chi connectivity index (χ3v) is 3.80. The fourth-order valence-electron chi connectivity index (χ4n) is 2.43. The highest BCUT2D eigenvalue weighted by molar-refractivity contribution is 5.77. The number of alkyl halides is 2. The van der Waals surface area contributed by atoms with Crippen molar-refractivity contribution in [2.24, 2.45) is 0 Å². The molecule has 21 heavy (non-hydrogen) atoms. The summed E-state index contributed by atoms with van der Waals surface area (Å²) in [7, 11) is 0. The molecule has 0 saturated carbocycles. The van der Waals surface area contributed by atoms with E-state index >= 15 is 0 Å². The van der Waals surface area contributed by atoms with Crippen LogP contribution in [0.4, 0.5) is 8.78 Å². The average molecular weight is 286 g/mol. The molecule has 0 aliphatic carbocycles. The van der Waals surface area contributed by atoms with Crippen LogP contribution in [0.1, 0.15) is 16.7 Å². The van der Waals surface area contributed by atoms with Gasteiger partial charge in [-0.05, 0) is 37.1 Å². The minimum Gasteiger partial charge on any atom is -0.324 e. The molecular weight excluding hydrogens is 270 g/mol. The molecule has 0 spiro atoms. The Morgan fingerprint density at radius 3 is 2.43 bits per heavy atom. The number of halogens is 2. The van der Waals surface area contributed by atoms with E-state index in [4.69, 9.17) is 0 Å². The lowest BCUT2D eigenvalue weighted by atomic mass is 10.1. The first kappa shape index (κ1) is 13.7. The Morgan fingerprint density at radius 1 is 1.05 bits per heavy atom. The lowest BCUT2D eigenvalue weighted by Crippen LogP contribution is -2.20. The van der Waals surface area contributed by atoms with Gasteiger partial charge in [-0.2, -0.15) is 8.78 Å². The number of hydrogen-bond donors (Lipinski definition) is 0. The SMILES string of the molecule is Cc1cc2ncn(CC(F)(F)c3ccccc3)c2cc1C. The molecule has 2 aromatic carbocycles. The third kappa shape index (κ3) is 2.53. The maximum absolute atomic E-state index is 14.4. The molecule has 0 aliphatic heterocycles. The van der Waals surface area contributed by atoms with Gasteiger partial charge in [-0.3, -0.25) is 0 Å². The molecule has 3 rings (SSSR count). The van der Waals surface area contributed by atoms with Gasteiger partial charge >= 0.3 is 0 Å². The fourth-order valence-corrected chi connectivity index (χ4v) is 2.43. The number of aromatic nitrogens is 2. The fraction of sp³-hybridized carbons (Fsp3) is 0.235. The molecule has 0 N–H and O–H groups in total. The molecule has 1 aromatic heterocycles. The average Bonchev–Trinajstić information content (AvgIpc) is 2.82. The van der Waals surface area contributed by atoms with Gasteiger partial charge in [0, 0.05) is 5.56 Å². The molecule has 0 unspecified atom stereocenters. The van der Waals surface area contributed by atoms with Crippen molar-refractivity contribution in [2.75, 3.05) is 0 Å². The molecule has 0 bridgehead atoms. The minimum absolute atomic E-state index is 0.0238. The van der Waals surface area contributed by atoms with Gasteiger partial charge in [0.2, 0.25) is 0 Å². The molecule has 2 nitrogen and oxygen atoms in total. The summed E-state index contributed by atoms with van der Waals surface area (Å²) in [6.45, 7) is 3.56. The smallest absolute Gasteiger partial charge is 0.290 e. The van der Waals surface area contributed by atoms with Crippen LogP contribution in [0.3, 0.4) is 0 Å². The van der Waals surface area contributed by atoms with Crippen LogP contribution in [-0.2, 0) is 12.5 Å². The van der Waals surface area contributed by atoms with Gasteiger partial charge in [0.25, 0.3) is 5.92 Å². The minimum atomic E-state index is -2.92. The van der Waals surface area contributed by atoms with Crippen LogP contribution in [0, 0.1) is 13.8 Å². The predicted molar refractivity (Wildman–Crippen MR) is 79.5 cm³/mol. The van der Waals surface area contributed by atoms with Gasteiger partial charge in [0.05, 0.1) is 23.9 Å². The highest BCUT2D eigenvalue weighted by Crippen LogP contribution is 2.31. The summed E-state index contributed by atoms with van der Waals surface area (Å²) in [6.07, 6.45) is 1.49. The van der Waals surface area contributed by atoms with Crippen molar-refractivity contribution in [2.45, 2.75) is 26.3 Å². The molecule has 4 heteroatoms. The van der Waals surface area contributed by atoms with Gasteiger partial charge in [-0.1, -0.05) is 30.3 Å². The zero-order chi connectivity index (χ0) is 15.0. The summed E-state index contributed by atoms with van der Waals surface area (Å²) in [6, 6.07) is 11.7. The van der Waals surface area contributed by atoms with E-state index in [0.717, 1.165) is 22.2 Å². The largest absolute Gasteiger partial charge is 0.324 e. The molecular formula is C17H16F2N2. The molecule has 3 aromatic rings. The Balaban J connectivity index is 2.00. The Morgan fingerprint density at radius 2 is 1.71 bits per heavy atom. The van der Waals surface area contributed by atoms with E-state index in [1.165, 1.54) is 23.0 Å². The second-order valence-corrected chi connectivity index (χ2v) is 5.37. The number of imidazole rings is 1. The Kier molecular flexibility index (Phi) is 3.24. The van der Waals surface area contributed by atoms with E-state index in [9.17, 15) is 8.78 Å². The van der Waals surface area contributed by atoms with E-state index in [0.29, 0.717) is 0 Å². The van der Waals surface area contributed by atoms with Gasteiger partial charge in [-0.15, -0.1) is 0 Å². The summed E-state index contributed by atoms with van der Waals surface area (Å²) in [5.74, 6) is -2.92. The Hall–Kier alpha value is -2.23. The first-order valence-electron chi connectivity index (χ1n) is 6.83. The van der Waals surface area contributed by atoms with E-state index in [1.807, 2.05) is 26.0 Å². The summed E-state index contributed by atoms with van der Waals surface area (Å²) >= 11 is 0.